The van der Waals surface area contributed by atoms with Crippen LogP contribution in [0.25, 0.3) is 0 Å². The molecule has 0 spiro atoms. The minimum Gasteiger partial charge on any atom is -0.480 e. The lowest BCUT2D eigenvalue weighted by Gasteiger charge is -2.13. The van der Waals surface area contributed by atoms with Crippen LogP contribution in [0.15, 0.2) is 11.4 Å². The van der Waals surface area contributed by atoms with Crippen LogP contribution in [0.1, 0.15) is 37.1 Å². The highest BCUT2D eigenvalue weighted by Gasteiger charge is 2.15. The first-order chi connectivity index (χ1) is 7.69. The fourth-order valence-electron chi connectivity index (χ4n) is 1.65. The molecule has 0 radical (unpaired) electrons. The normalized spacial score (nSPS) is 12.6. The molecule has 0 fully saturated rings. The molecular weight excluding hydrogens is 222 g/mol. The zero-order chi connectivity index (χ0) is 12.0. The van der Waals surface area contributed by atoms with Gasteiger partial charge < -0.3 is 5.11 Å². The first-order valence-electron chi connectivity index (χ1n) is 5.70. The van der Waals surface area contributed by atoms with Crippen molar-refractivity contribution in [2.75, 3.05) is 0 Å². The second kappa shape index (κ2) is 6.66. The number of carboxylic acid groups (broad SMARTS) is 1. The van der Waals surface area contributed by atoms with Gasteiger partial charge in [-0.2, -0.15) is 0 Å². The number of carboxylic acids is 1. The van der Waals surface area contributed by atoms with E-state index >= 15 is 0 Å². The van der Waals surface area contributed by atoms with E-state index in [0.29, 0.717) is 13.0 Å². The molecule has 1 atom stereocenters. The van der Waals surface area contributed by atoms with Gasteiger partial charge in [0.05, 0.1) is 0 Å². The summed E-state index contributed by atoms with van der Waals surface area (Å²) >= 11 is 1.69. The molecule has 0 aliphatic heterocycles. The minimum absolute atomic E-state index is 0.420. The molecule has 0 bridgehead atoms. The molecule has 0 saturated carbocycles. The largest absolute Gasteiger partial charge is 0.480 e. The Kier molecular flexibility index (Phi) is 5.49. The van der Waals surface area contributed by atoms with Crippen molar-refractivity contribution in [3.63, 3.8) is 0 Å². The lowest BCUT2D eigenvalue weighted by Crippen LogP contribution is -2.35. The fraction of sp³-hybridized carbons (Fsp3) is 0.583. The molecule has 1 aromatic heterocycles. The van der Waals surface area contributed by atoms with E-state index in [4.69, 9.17) is 5.11 Å². The van der Waals surface area contributed by atoms with Crippen molar-refractivity contribution >= 4 is 17.3 Å². The zero-order valence-corrected chi connectivity index (χ0v) is 10.6. The molecule has 1 unspecified atom stereocenters. The van der Waals surface area contributed by atoms with Gasteiger partial charge in [0.15, 0.2) is 0 Å². The van der Waals surface area contributed by atoms with E-state index in [2.05, 4.69) is 23.7 Å². The summed E-state index contributed by atoms with van der Waals surface area (Å²) in [5.74, 6) is -0.753. The number of rotatable bonds is 7. The van der Waals surface area contributed by atoms with Gasteiger partial charge in [-0.15, -0.1) is 11.3 Å². The number of thiophene rings is 1. The van der Waals surface area contributed by atoms with Gasteiger partial charge >= 0.3 is 5.97 Å². The summed E-state index contributed by atoms with van der Waals surface area (Å²) in [5, 5.41) is 14.2. The molecule has 4 heteroatoms. The monoisotopic (exact) mass is 241 g/mol. The molecule has 0 aliphatic rings. The average Bonchev–Trinajstić information content (AvgIpc) is 2.71. The van der Waals surface area contributed by atoms with E-state index in [1.165, 1.54) is 10.4 Å². The first kappa shape index (κ1) is 13.2. The summed E-state index contributed by atoms with van der Waals surface area (Å²) in [7, 11) is 0. The molecule has 2 N–H and O–H groups in total. The number of hydrogen-bond acceptors (Lipinski definition) is 3. The highest BCUT2D eigenvalue weighted by atomic mass is 32.1. The predicted octanol–water partition coefficient (Wildman–Crippen LogP) is 2.65. The van der Waals surface area contributed by atoms with E-state index < -0.39 is 12.0 Å². The van der Waals surface area contributed by atoms with Crippen LogP contribution in [0.2, 0.25) is 0 Å². The minimum atomic E-state index is -0.753. The smallest absolute Gasteiger partial charge is 0.320 e. The number of hydrogen-bond donors (Lipinski definition) is 2. The van der Waals surface area contributed by atoms with Gasteiger partial charge in [-0.3, -0.25) is 10.1 Å². The molecule has 0 saturated heterocycles. The van der Waals surface area contributed by atoms with Gasteiger partial charge in [0.25, 0.3) is 0 Å². The SMILES string of the molecule is CCCC(NCc1sccc1CC)C(=O)O. The Morgan fingerprint density at radius 2 is 2.31 bits per heavy atom. The van der Waals surface area contributed by atoms with Crippen LogP contribution in [0.4, 0.5) is 0 Å². The average molecular weight is 241 g/mol. The van der Waals surface area contributed by atoms with Crippen molar-refractivity contribution in [3.8, 4) is 0 Å². The molecule has 1 rings (SSSR count). The van der Waals surface area contributed by atoms with E-state index in [-0.39, 0.29) is 0 Å². The van der Waals surface area contributed by atoms with E-state index in [1.54, 1.807) is 11.3 Å². The van der Waals surface area contributed by atoms with Crippen LogP contribution in [0.3, 0.4) is 0 Å². The molecule has 90 valence electrons. The van der Waals surface area contributed by atoms with Gasteiger partial charge in [-0.25, -0.2) is 0 Å². The Hall–Kier alpha value is -0.870. The summed E-state index contributed by atoms with van der Waals surface area (Å²) in [4.78, 5) is 12.2. The molecule has 0 aliphatic carbocycles. The summed E-state index contributed by atoms with van der Waals surface area (Å²) in [6, 6.07) is 1.69. The number of aliphatic carboxylic acids is 1. The topological polar surface area (TPSA) is 49.3 Å². The van der Waals surface area contributed by atoms with Crippen LogP contribution < -0.4 is 5.32 Å². The van der Waals surface area contributed by atoms with Crippen molar-refractivity contribution in [2.24, 2.45) is 0 Å². The Bertz CT molecular complexity index is 336. The zero-order valence-electron chi connectivity index (χ0n) is 9.82. The highest BCUT2D eigenvalue weighted by molar-refractivity contribution is 7.10. The van der Waals surface area contributed by atoms with Crippen molar-refractivity contribution in [1.29, 1.82) is 0 Å². The van der Waals surface area contributed by atoms with Crippen LogP contribution in [0.5, 0.6) is 0 Å². The lowest BCUT2D eigenvalue weighted by atomic mass is 10.1. The fourth-order valence-corrected chi connectivity index (χ4v) is 2.58. The molecule has 3 nitrogen and oxygen atoms in total. The third-order valence-electron chi connectivity index (χ3n) is 2.60. The Morgan fingerprint density at radius 3 is 2.88 bits per heavy atom. The van der Waals surface area contributed by atoms with E-state index in [0.717, 1.165) is 12.8 Å². The van der Waals surface area contributed by atoms with E-state index in [9.17, 15) is 4.79 Å². The van der Waals surface area contributed by atoms with E-state index in [1.807, 2.05) is 6.92 Å². The number of carbonyl (C=O) groups is 1. The summed E-state index contributed by atoms with van der Waals surface area (Å²) in [5.41, 5.74) is 1.32. The second-order valence-electron chi connectivity index (χ2n) is 3.78. The van der Waals surface area contributed by atoms with Gasteiger partial charge in [0.2, 0.25) is 0 Å². The van der Waals surface area contributed by atoms with Gasteiger partial charge in [0, 0.05) is 11.4 Å². The molecule has 16 heavy (non-hydrogen) atoms. The third-order valence-corrected chi connectivity index (χ3v) is 3.57. The number of nitrogens with one attached hydrogen (secondary N) is 1. The molecule has 1 aromatic rings. The maximum Gasteiger partial charge on any atom is 0.320 e. The van der Waals surface area contributed by atoms with Crippen LogP contribution in [0, 0.1) is 0 Å². The summed E-state index contributed by atoms with van der Waals surface area (Å²) < 4.78 is 0. The quantitative estimate of drug-likeness (QED) is 0.771. The number of aryl methyl sites for hydroxylation is 1. The van der Waals surface area contributed by atoms with Gasteiger partial charge in [0.1, 0.15) is 6.04 Å². The molecule has 1 heterocycles. The Morgan fingerprint density at radius 1 is 1.56 bits per heavy atom. The van der Waals surface area contributed by atoms with Crippen molar-refractivity contribution in [2.45, 2.75) is 45.7 Å². The maximum atomic E-state index is 10.9. The summed E-state index contributed by atoms with van der Waals surface area (Å²) in [6.45, 7) is 4.78. The standard InChI is InChI=1S/C12H19NO2S/c1-3-5-10(12(14)15)13-8-11-9(4-2)6-7-16-11/h6-7,10,13H,3-5,8H2,1-2H3,(H,14,15). The van der Waals surface area contributed by atoms with Crippen LogP contribution >= 0.6 is 11.3 Å². The van der Waals surface area contributed by atoms with Crippen LogP contribution in [-0.4, -0.2) is 17.1 Å². The van der Waals surface area contributed by atoms with Crippen LogP contribution in [-0.2, 0) is 17.8 Å². The van der Waals surface area contributed by atoms with Gasteiger partial charge in [-0.05, 0) is 29.9 Å². The van der Waals surface area contributed by atoms with Crippen molar-refractivity contribution < 1.29 is 9.90 Å². The highest BCUT2D eigenvalue weighted by Crippen LogP contribution is 2.17. The van der Waals surface area contributed by atoms with Gasteiger partial charge in [-0.1, -0.05) is 20.3 Å². The first-order valence-corrected chi connectivity index (χ1v) is 6.58. The molecular formula is C12H19NO2S. The van der Waals surface area contributed by atoms with Crippen molar-refractivity contribution in [1.82, 2.24) is 5.32 Å². The predicted molar refractivity (Wildman–Crippen MR) is 66.9 cm³/mol. The molecule has 0 aromatic carbocycles. The molecule has 0 amide bonds. The summed E-state index contributed by atoms with van der Waals surface area (Å²) in [6.07, 6.45) is 2.57. The second-order valence-corrected chi connectivity index (χ2v) is 4.78. The third kappa shape index (κ3) is 3.61. The Balaban J connectivity index is 2.51. The lowest BCUT2D eigenvalue weighted by molar-refractivity contribution is -0.139. The maximum absolute atomic E-state index is 10.9. The van der Waals surface area contributed by atoms with Crippen molar-refractivity contribution in [3.05, 3.63) is 21.9 Å². The Labute approximate surface area is 100 Å².